The molecule has 0 saturated carbocycles. The Morgan fingerprint density at radius 1 is 1.30 bits per heavy atom. The fourth-order valence-electron chi connectivity index (χ4n) is 3.20. The van der Waals surface area contributed by atoms with E-state index >= 15 is 0 Å². The summed E-state index contributed by atoms with van der Waals surface area (Å²) in [6, 6.07) is 5.85. The van der Waals surface area contributed by atoms with Gasteiger partial charge in [0, 0.05) is 18.2 Å². The van der Waals surface area contributed by atoms with Crippen molar-refractivity contribution in [2.75, 3.05) is 19.8 Å². The number of nitrogens with zero attached hydrogens (tertiary/aromatic N) is 1. The van der Waals surface area contributed by atoms with E-state index in [4.69, 9.17) is 15.2 Å². The molecule has 3 unspecified atom stereocenters. The summed E-state index contributed by atoms with van der Waals surface area (Å²) in [6.07, 6.45) is 1.96. The molecule has 1 amide bonds. The summed E-state index contributed by atoms with van der Waals surface area (Å²) in [7, 11) is 0. The van der Waals surface area contributed by atoms with Gasteiger partial charge in [0.05, 0.1) is 12.0 Å². The molecule has 0 bridgehead atoms. The summed E-state index contributed by atoms with van der Waals surface area (Å²) < 4.78 is 11.5. The summed E-state index contributed by atoms with van der Waals surface area (Å²) >= 11 is 0. The highest BCUT2D eigenvalue weighted by Crippen LogP contribution is 2.43. The number of carbonyl (C=O) groups is 1. The zero-order chi connectivity index (χ0) is 15.7. The lowest BCUT2D eigenvalue weighted by atomic mass is 9.99. The predicted molar refractivity (Wildman–Crippen MR) is 91.2 cm³/mol. The molecule has 128 valence electrons. The van der Waals surface area contributed by atoms with Gasteiger partial charge in [-0.2, -0.15) is 0 Å². The topological polar surface area (TPSA) is 64.8 Å². The molecule has 1 fully saturated rings. The first-order valence-electron chi connectivity index (χ1n) is 8.04. The first kappa shape index (κ1) is 17.9. The van der Waals surface area contributed by atoms with Gasteiger partial charge in [-0.05, 0) is 25.8 Å². The van der Waals surface area contributed by atoms with Crippen molar-refractivity contribution in [1.29, 1.82) is 0 Å². The van der Waals surface area contributed by atoms with Crippen LogP contribution >= 0.6 is 12.4 Å². The fraction of sp³-hybridized carbons (Fsp3) is 0.588. The van der Waals surface area contributed by atoms with Crippen LogP contribution < -0.4 is 15.2 Å². The van der Waals surface area contributed by atoms with Crippen molar-refractivity contribution in [2.45, 2.75) is 38.8 Å². The molecular weight excluding hydrogens is 316 g/mol. The van der Waals surface area contributed by atoms with Crippen molar-refractivity contribution >= 4 is 18.3 Å². The van der Waals surface area contributed by atoms with Crippen LogP contribution in [0.5, 0.6) is 11.5 Å². The van der Waals surface area contributed by atoms with E-state index in [1.54, 1.807) is 0 Å². The molecule has 3 atom stereocenters. The van der Waals surface area contributed by atoms with Crippen molar-refractivity contribution in [2.24, 2.45) is 11.7 Å². The van der Waals surface area contributed by atoms with Gasteiger partial charge in [0.15, 0.2) is 11.5 Å². The van der Waals surface area contributed by atoms with Gasteiger partial charge in [0.1, 0.15) is 13.2 Å². The summed E-state index contributed by atoms with van der Waals surface area (Å²) in [4.78, 5) is 14.7. The summed E-state index contributed by atoms with van der Waals surface area (Å²) in [5, 5.41) is 0. The standard InChI is InChI=1S/C17H24N2O3.ClH/c1-11(12(2)18)17(20)19-8-4-6-14(19)13-5-3-7-15-16(13)22-10-9-21-15;/h3,5,7,11-12,14H,4,6,8-10,18H2,1-2H3;1H. The molecule has 2 aliphatic heterocycles. The number of amides is 1. The monoisotopic (exact) mass is 340 g/mol. The van der Waals surface area contributed by atoms with Crippen LogP contribution in [0.2, 0.25) is 0 Å². The molecule has 2 aliphatic rings. The van der Waals surface area contributed by atoms with E-state index in [0.717, 1.165) is 36.4 Å². The van der Waals surface area contributed by atoms with Crippen molar-refractivity contribution in [3.05, 3.63) is 23.8 Å². The number of benzene rings is 1. The maximum atomic E-state index is 12.7. The van der Waals surface area contributed by atoms with Gasteiger partial charge in [-0.1, -0.05) is 19.1 Å². The highest BCUT2D eigenvalue weighted by molar-refractivity contribution is 5.85. The minimum Gasteiger partial charge on any atom is -0.486 e. The van der Waals surface area contributed by atoms with Crippen LogP contribution in [0.15, 0.2) is 18.2 Å². The normalized spacial score (nSPS) is 22.2. The van der Waals surface area contributed by atoms with Gasteiger partial charge in [-0.15, -0.1) is 12.4 Å². The SMILES string of the molecule is CC(N)C(C)C(=O)N1CCCC1c1cccc2c1OCCO2.Cl. The Morgan fingerprint density at radius 2 is 2.04 bits per heavy atom. The Bertz CT molecular complexity index is 565. The van der Waals surface area contributed by atoms with E-state index < -0.39 is 0 Å². The van der Waals surface area contributed by atoms with Crippen LogP contribution in [0, 0.1) is 5.92 Å². The molecule has 2 heterocycles. The molecule has 0 radical (unpaired) electrons. The van der Waals surface area contributed by atoms with Crippen LogP contribution in [-0.2, 0) is 4.79 Å². The first-order chi connectivity index (χ1) is 10.6. The maximum Gasteiger partial charge on any atom is 0.227 e. The van der Waals surface area contributed by atoms with Crippen molar-refractivity contribution in [3.63, 3.8) is 0 Å². The fourth-order valence-corrected chi connectivity index (χ4v) is 3.20. The molecule has 2 N–H and O–H groups in total. The summed E-state index contributed by atoms with van der Waals surface area (Å²) in [5.74, 6) is 1.54. The quantitative estimate of drug-likeness (QED) is 0.918. The van der Waals surface area contributed by atoms with Crippen LogP contribution in [0.3, 0.4) is 0 Å². The number of fused-ring (bicyclic) bond motifs is 1. The number of hydrogen-bond donors (Lipinski definition) is 1. The molecule has 0 aliphatic carbocycles. The van der Waals surface area contributed by atoms with Crippen molar-refractivity contribution in [3.8, 4) is 11.5 Å². The van der Waals surface area contributed by atoms with Gasteiger partial charge < -0.3 is 20.1 Å². The number of hydrogen-bond acceptors (Lipinski definition) is 4. The number of para-hydroxylation sites is 1. The number of halogens is 1. The second-order valence-corrected chi connectivity index (χ2v) is 6.21. The van der Waals surface area contributed by atoms with Gasteiger partial charge in [0.2, 0.25) is 5.91 Å². The predicted octanol–water partition coefficient (Wildman–Crippen LogP) is 2.53. The van der Waals surface area contributed by atoms with Crippen LogP contribution in [0.4, 0.5) is 0 Å². The molecule has 3 rings (SSSR count). The zero-order valence-electron chi connectivity index (χ0n) is 13.7. The minimum absolute atomic E-state index is 0. The van der Waals surface area contributed by atoms with E-state index in [9.17, 15) is 4.79 Å². The Balaban J connectivity index is 0.00000192. The minimum atomic E-state index is -0.169. The lowest BCUT2D eigenvalue weighted by Gasteiger charge is -2.31. The number of nitrogens with two attached hydrogens (primary N) is 1. The smallest absolute Gasteiger partial charge is 0.227 e. The number of ether oxygens (including phenoxy) is 2. The lowest BCUT2D eigenvalue weighted by Crippen LogP contribution is -2.41. The van der Waals surface area contributed by atoms with Gasteiger partial charge >= 0.3 is 0 Å². The molecule has 1 saturated heterocycles. The van der Waals surface area contributed by atoms with E-state index in [2.05, 4.69) is 0 Å². The van der Waals surface area contributed by atoms with Gasteiger partial charge in [0.25, 0.3) is 0 Å². The van der Waals surface area contributed by atoms with E-state index in [0.29, 0.717) is 13.2 Å². The molecule has 23 heavy (non-hydrogen) atoms. The Morgan fingerprint density at radius 3 is 2.78 bits per heavy atom. The number of carbonyl (C=O) groups excluding carboxylic acids is 1. The Hall–Kier alpha value is -1.46. The average molecular weight is 341 g/mol. The number of rotatable bonds is 3. The Kier molecular flexibility index (Phi) is 5.76. The average Bonchev–Trinajstić information content (AvgIpc) is 3.02. The first-order valence-corrected chi connectivity index (χ1v) is 8.04. The largest absolute Gasteiger partial charge is 0.486 e. The highest BCUT2D eigenvalue weighted by Gasteiger charge is 2.35. The van der Waals surface area contributed by atoms with E-state index in [-0.39, 0.29) is 36.3 Å². The molecule has 0 aromatic heterocycles. The third kappa shape index (κ3) is 3.40. The lowest BCUT2D eigenvalue weighted by molar-refractivity contribution is -0.136. The molecule has 6 heteroatoms. The van der Waals surface area contributed by atoms with Crippen molar-refractivity contribution < 1.29 is 14.3 Å². The molecule has 1 aromatic rings. The van der Waals surface area contributed by atoms with Crippen LogP contribution in [0.25, 0.3) is 0 Å². The number of likely N-dealkylation sites (tertiary alicyclic amines) is 1. The third-order valence-corrected chi connectivity index (χ3v) is 4.67. The van der Waals surface area contributed by atoms with Crippen LogP contribution in [0.1, 0.15) is 38.3 Å². The second kappa shape index (κ2) is 7.41. The van der Waals surface area contributed by atoms with E-state index in [1.165, 1.54) is 0 Å². The summed E-state index contributed by atoms with van der Waals surface area (Å²) in [6.45, 7) is 5.70. The Labute approximate surface area is 143 Å². The van der Waals surface area contributed by atoms with Crippen LogP contribution in [-0.4, -0.2) is 36.6 Å². The van der Waals surface area contributed by atoms with E-state index in [1.807, 2.05) is 36.9 Å². The molecule has 0 spiro atoms. The zero-order valence-corrected chi connectivity index (χ0v) is 14.5. The maximum absolute atomic E-state index is 12.7. The highest BCUT2D eigenvalue weighted by atomic mass is 35.5. The van der Waals surface area contributed by atoms with Gasteiger partial charge in [-0.3, -0.25) is 4.79 Å². The third-order valence-electron chi connectivity index (χ3n) is 4.67. The van der Waals surface area contributed by atoms with Gasteiger partial charge in [-0.25, -0.2) is 0 Å². The molecule has 1 aromatic carbocycles. The van der Waals surface area contributed by atoms with Crippen molar-refractivity contribution in [1.82, 2.24) is 4.90 Å². The second-order valence-electron chi connectivity index (χ2n) is 6.21. The molecule has 5 nitrogen and oxygen atoms in total. The molecular formula is C17H25ClN2O3. The summed E-state index contributed by atoms with van der Waals surface area (Å²) in [5.41, 5.74) is 6.96.